The fourth-order valence-corrected chi connectivity index (χ4v) is 3.92. The second-order valence-electron chi connectivity index (χ2n) is 5.08. The number of thioether (sulfide) groups is 1. The number of nitrogens with zero attached hydrogens (tertiary/aromatic N) is 2. The number of hydrogen-bond acceptors (Lipinski definition) is 5. The number of carboxylic acids is 1. The number of hydrogen-bond donors (Lipinski definition) is 2. The van der Waals surface area contributed by atoms with Crippen molar-refractivity contribution in [2.75, 3.05) is 12.3 Å². The molecule has 1 saturated carbocycles. The lowest BCUT2D eigenvalue weighted by atomic mass is 9.85. The van der Waals surface area contributed by atoms with Crippen LogP contribution in [0.25, 0.3) is 0 Å². The van der Waals surface area contributed by atoms with E-state index in [2.05, 4.69) is 15.3 Å². The zero-order chi connectivity index (χ0) is 14.4. The van der Waals surface area contributed by atoms with Gasteiger partial charge >= 0.3 is 5.97 Å². The van der Waals surface area contributed by atoms with Crippen molar-refractivity contribution in [1.29, 1.82) is 0 Å². The third-order valence-electron chi connectivity index (χ3n) is 3.95. The first kappa shape index (κ1) is 15.3. The Balaban J connectivity index is 1.92. The Bertz CT molecular complexity index is 443. The number of carbonyl (C=O) groups is 1. The number of aliphatic carboxylic acids is 1. The molecule has 110 valence electrons. The van der Waals surface area contributed by atoms with Crippen LogP contribution in [0, 0.1) is 5.92 Å². The molecule has 2 unspecified atom stereocenters. The highest BCUT2D eigenvalue weighted by atomic mass is 32.2. The average Bonchev–Trinajstić information content (AvgIpc) is 2.85. The lowest BCUT2D eigenvalue weighted by molar-refractivity contribution is -0.146. The molecule has 2 N–H and O–H groups in total. The Morgan fingerprint density at radius 1 is 1.60 bits per heavy atom. The van der Waals surface area contributed by atoms with Crippen molar-refractivity contribution in [1.82, 2.24) is 15.3 Å². The van der Waals surface area contributed by atoms with Crippen molar-refractivity contribution < 1.29 is 9.90 Å². The molecule has 0 spiro atoms. The van der Waals surface area contributed by atoms with Crippen LogP contribution in [0.1, 0.15) is 32.6 Å². The molecule has 0 saturated heterocycles. The number of aromatic nitrogens is 2. The number of likely N-dealkylation sites (N-methyl/N-ethyl adjacent to an activating group) is 1. The largest absolute Gasteiger partial charge is 0.480 e. The van der Waals surface area contributed by atoms with Crippen molar-refractivity contribution in [3.63, 3.8) is 0 Å². The quantitative estimate of drug-likeness (QED) is 0.751. The molecule has 2 rings (SSSR count). The molecule has 1 aromatic heterocycles. The SMILES string of the molecule is CCNC1(C(=O)O)CCCC1CCSc1cnccn1. The van der Waals surface area contributed by atoms with Gasteiger partial charge < -0.3 is 10.4 Å². The van der Waals surface area contributed by atoms with Crippen LogP contribution in [0.4, 0.5) is 0 Å². The first-order valence-corrected chi connectivity index (χ1v) is 8.05. The number of nitrogens with one attached hydrogen (secondary N) is 1. The highest BCUT2D eigenvalue weighted by Gasteiger charge is 2.48. The molecular formula is C14H21N3O2S. The highest BCUT2D eigenvalue weighted by Crippen LogP contribution is 2.39. The zero-order valence-electron chi connectivity index (χ0n) is 11.7. The van der Waals surface area contributed by atoms with Crippen LogP contribution in [0.2, 0.25) is 0 Å². The molecule has 0 amide bonds. The zero-order valence-corrected chi connectivity index (χ0v) is 12.5. The Kier molecular flexibility index (Phi) is 5.37. The standard InChI is InChI=1S/C14H21N3O2S/c1-2-17-14(13(18)19)6-3-4-11(14)5-9-20-12-10-15-7-8-16-12/h7-8,10-11,17H,2-6,9H2,1H3,(H,18,19). The predicted octanol–water partition coefficient (Wildman–Crippen LogP) is 2.19. The molecule has 1 heterocycles. The van der Waals surface area contributed by atoms with Crippen LogP contribution in [0.5, 0.6) is 0 Å². The van der Waals surface area contributed by atoms with Gasteiger partial charge in [0.25, 0.3) is 0 Å². The van der Waals surface area contributed by atoms with Gasteiger partial charge in [-0.3, -0.25) is 9.78 Å². The van der Waals surface area contributed by atoms with Crippen molar-refractivity contribution in [2.45, 2.75) is 43.2 Å². The van der Waals surface area contributed by atoms with E-state index in [9.17, 15) is 9.90 Å². The Hall–Kier alpha value is -1.14. The van der Waals surface area contributed by atoms with Gasteiger partial charge in [0.15, 0.2) is 0 Å². The molecule has 6 heteroatoms. The molecule has 0 bridgehead atoms. The molecule has 0 radical (unpaired) electrons. The summed E-state index contributed by atoms with van der Waals surface area (Å²) in [4.78, 5) is 19.9. The predicted molar refractivity (Wildman–Crippen MR) is 78.8 cm³/mol. The first-order chi connectivity index (χ1) is 9.69. The van der Waals surface area contributed by atoms with Gasteiger partial charge in [0, 0.05) is 12.4 Å². The molecule has 1 fully saturated rings. The summed E-state index contributed by atoms with van der Waals surface area (Å²) in [6, 6.07) is 0. The maximum absolute atomic E-state index is 11.7. The summed E-state index contributed by atoms with van der Waals surface area (Å²) in [5, 5.41) is 13.7. The minimum Gasteiger partial charge on any atom is -0.480 e. The van der Waals surface area contributed by atoms with E-state index in [1.807, 2.05) is 6.92 Å². The van der Waals surface area contributed by atoms with E-state index in [-0.39, 0.29) is 5.92 Å². The minimum atomic E-state index is -0.725. The van der Waals surface area contributed by atoms with Crippen LogP contribution in [0.15, 0.2) is 23.6 Å². The maximum Gasteiger partial charge on any atom is 0.324 e. The van der Waals surface area contributed by atoms with E-state index in [4.69, 9.17) is 0 Å². The van der Waals surface area contributed by atoms with Crippen LogP contribution in [0.3, 0.4) is 0 Å². The van der Waals surface area contributed by atoms with Crippen molar-refractivity contribution >= 4 is 17.7 Å². The second-order valence-corrected chi connectivity index (χ2v) is 6.19. The number of rotatable bonds is 7. The third-order valence-corrected chi connectivity index (χ3v) is 4.90. The first-order valence-electron chi connectivity index (χ1n) is 7.06. The summed E-state index contributed by atoms with van der Waals surface area (Å²) < 4.78 is 0. The molecule has 1 aliphatic rings. The summed E-state index contributed by atoms with van der Waals surface area (Å²) >= 11 is 1.64. The van der Waals surface area contributed by atoms with Crippen LogP contribution in [-0.2, 0) is 4.79 Å². The summed E-state index contributed by atoms with van der Waals surface area (Å²) in [5.41, 5.74) is -0.725. The Labute approximate surface area is 123 Å². The molecule has 1 aliphatic carbocycles. The van der Waals surface area contributed by atoms with Gasteiger partial charge in [0.1, 0.15) is 10.6 Å². The summed E-state index contributed by atoms with van der Waals surface area (Å²) in [6.07, 6.45) is 8.67. The van der Waals surface area contributed by atoms with E-state index in [0.717, 1.165) is 36.5 Å². The van der Waals surface area contributed by atoms with Crippen LogP contribution in [-0.4, -0.2) is 38.9 Å². The van der Waals surface area contributed by atoms with E-state index >= 15 is 0 Å². The summed E-state index contributed by atoms with van der Waals surface area (Å²) in [7, 11) is 0. The van der Waals surface area contributed by atoms with Gasteiger partial charge in [-0.2, -0.15) is 0 Å². The molecular weight excluding hydrogens is 274 g/mol. The smallest absolute Gasteiger partial charge is 0.324 e. The van der Waals surface area contributed by atoms with Gasteiger partial charge in [-0.05, 0) is 37.5 Å². The molecule has 0 aromatic carbocycles. The van der Waals surface area contributed by atoms with E-state index in [0.29, 0.717) is 6.54 Å². The lowest BCUT2D eigenvalue weighted by Gasteiger charge is -2.32. The summed E-state index contributed by atoms with van der Waals surface area (Å²) in [5.74, 6) is 0.375. The highest BCUT2D eigenvalue weighted by molar-refractivity contribution is 7.99. The molecule has 1 aromatic rings. The van der Waals surface area contributed by atoms with Crippen molar-refractivity contribution in [3.05, 3.63) is 18.6 Å². The average molecular weight is 295 g/mol. The monoisotopic (exact) mass is 295 g/mol. The Morgan fingerprint density at radius 3 is 3.10 bits per heavy atom. The Morgan fingerprint density at radius 2 is 2.45 bits per heavy atom. The molecule has 20 heavy (non-hydrogen) atoms. The molecule has 5 nitrogen and oxygen atoms in total. The fourth-order valence-electron chi connectivity index (χ4n) is 3.04. The van der Waals surface area contributed by atoms with Crippen LogP contribution >= 0.6 is 11.8 Å². The van der Waals surface area contributed by atoms with Gasteiger partial charge in [0.2, 0.25) is 0 Å². The van der Waals surface area contributed by atoms with E-state index < -0.39 is 11.5 Å². The van der Waals surface area contributed by atoms with Crippen molar-refractivity contribution in [2.24, 2.45) is 5.92 Å². The van der Waals surface area contributed by atoms with Gasteiger partial charge in [-0.1, -0.05) is 13.3 Å². The fraction of sp³-hybridized carbons (Fsp3) is 0.643. The number of carboxylic acid groups (broad SMARTS) is 1. The topological polar surface area (TPSA) is 75.1 Å². The van der Waals surface area contributed by atoms with Crippen LogP contribution < -0.4 is 5.32 Å². The molecule has 0 aliphatic heterocycles. The molecule has 2 atom stereocenters. The third kappa shape index (κ3) is 3.30. The van der Waals surface area contributed by atoms with Gasteiger partial charge in [0.05, 0.1) is 6.20 Å². The second kappa shape index (κ2) is 7.04. The van der Waals surface area contributed by atoms with Gasteiger partial charge in [-0.25, -0.2) is 4.98 Å². The van der Waals surface area contributed by atoms with Crippen molar-refractivity contribution in [3.8, 4) is 0 Å². The van der Waals surface area contributed by atoms with E-state index in [1.54, 1.807) is 30.4 Å². The maximum atomic E-state index is 11.7. The summed E-state index contributed by atoms with van der Waals surface area (Å²) in [6.45, 7) is 2.66. The van der Waals surface area contributed by atoms with Gasteiger partial charge in [-0.15, -0.1) is 11.8 Å². The minimum absolute atomic E-state index is 0.198. The normalized spacial score (nSPS) is 25.8. The van der Waals surface area contributed by atoms with E-state index in [1.165, 1.54) is 0 Å². The lowest BCUT2D eigenvalue weighted by Crippen LogP contribution is -2.54.